The third-order valence-corrected chi connectivity index (χ3v) is 2.65. The lowest BCUT2D eigenvalue weighted by molar-refractivity contribution is 0.101. The number of nitrogens with zero attached hydrogens (tertiary/aromatic N) is 2. The number of halogens is 2. The fraction of sp³-hybridized carbons (Fsp3) is 0.231. The molecule has 2 rings (SSSR count). The molecule has 1 heterocycles. The first kappa shape index (κ1) is 14.1. The average Bonchev–Trinajstić information content (AvgIpc) is 2.69. The summed E-state index contributed by atoms with van der Waals surface area (Å²) in [5.74, 6) is -2.51. The molecule has 0 saturated heterocycles. The van der Waals surface area contributed by atoms with Crippen LogP contribution in [0.3, 0.4) is 0 Å². The molecule has 0 aliphatic carbocycles. The van der Waals surface area contributed by atoms with E-state index in [2.05, 4.69) is 10.4 Å². The van der Waals surface area contributed by atoms with Crippen molar-refractivity contribution in [2.45, 2.75) is 13.5 Å². The molecule has 0 saturated carbocycles. The second kappa shape index (κ2) is 5.79. The van der Waals surface area contributed by atoms with Gasteiger partial charge < -0.3 is 10.4 Å². The summed E-state index contributed by atoms with van der Waals surface area (Å²) < 4.78 is 28.3. The molecule has 0 radical (unpaired) electrons. The highest BCUT2D eigenvalue weighted by Gasteiger charge is 2.18. The molecule has 0 bridgehead atoms. The predicted octanol–water partition coefficient (Wildman–Crippen LogP) is 1.71. The molecular formula is C13H13F2N3O2. The number of aliphatic hydroxyl groups excluding tert-OH is 1. The lowest BCUT2D eigenvalue weighted by Crippen LogP contribution is -2.19. The highest BCUT2D eigenvalue weighted by atomic mass is 19.1. The number of carbonyl (C=O) groups is 1. The van der Waals surface area contributed by atoms with Crippen LogP contribution in [0, 0.1) is 18.6 Å². The molecule has 0 spiro atoms. The summed E-state index contributed by atoms with van der Waals surface area (Å²) in [7, 11) is 0. The quantitative estimate of drug-likeness (QED) is 0.896. The van der Waals surface area contributed by atoms with E-state index in [1.54, 1.807) is 13.0 Å². The van der Waals surface area contributed by atoms with Gasteiger partial charge in [0.15, 0.2) is 0 Å². The van der Waals surface area contributed by atoms with E-state index in [9.17, 15) is 13.6 Å². The monoisotopic (exact) mass is 281 g/mol. The summed E-state index contributed by atoms with van der Waals surface area (Å²) in [6.07, 6.45) is 0. The Bertz CT molecular complexity index is 620. The number of aromatic nitrogens is 2. The van der Waals surface area contributed by atoms with Crippen molar-refractivity contribution in [1.29, 1.82) is 0 Å². The van der Waals surface area contributed by atoms with E-state index in [-0.39, 0.29) is 19.0 Å². The van der Waals surface area contributed by atoms with E-state index < -0.39 is 23.1 Å². The van der Waals surface area contributed by atoms with Gasteiger partial charge in [-0.1, -0.05) is 6.07 Å². The molecule has 2 aromatic rings. The van der Waals surface area contributed by atoms with Crippen molar-refractivity contribution in [2.24, 2.45) is 0 Å². The minimum atomic E-state index is -0.938. The zero-order chi connectivity index (χ0) is 14.7. The molecule has 2 N–H and O–H groups in total. The summed E-state index contributed by atoms with van der Waals surface area (Å²) in [5.41, 5.74) is -0.0374. The summed E-state index contributed by atoms with van der Waals surface area (Å²) in [6, 6.07) is 4.75. The number of rotatable bonds is 4. The van der Waals surface area contributed by atoms with Gasteiger partial charge >= 0.3 is 0 Å². The van der Waals surface area contributed by atoms with Crippen molar-refractivity contribution in [3.63, 3.8) is 0 Å². The topological polar surface area (TPSA) is 67.2 Å². The molecule has 0 aliphatic rings. The van der Waals surface area contributed by atoms with Crippen LogP contribution in [0.2, 0.25) is 0 Å². The molecule has 1 aromatic heterocycles. The Hall–Kier alpha value is -2.28. The maximum absolute atomic E-state index is 13.5. The lowest BCUT2D eigenvalue weighted by Gasteiger charge is -2.08. The smallest absolute Gasteiger partial charge is 0.262 e. The molecule has 106 valence electrons. The van der Waals surface area contributed by atoms with Crippen LogP contribution < -0.4 is 5.32 Å². The van der Waals surface area contributed by atoms with Crippen LogP contribution in [0.15, 0.2) is 24.3 Å². The fourth-order valence-corrected chi connectivity index (χ4v) is 1.80. The van der Waals surface area contributed by atoms with Crippen molar-refractivity contribution in [1.82, 2.24) is 9.78 Å². The second-order valence-electron chi connectivity index (χ2n) is 4.17. The van der Waals surface area contributed by atoms with E-state index in [1.165, 1.54) is 10.7 Å². The summed E-state index contributed by atoms with van der Waals surface area (Å²) in [5, 5.41) is 15.3. The Labute approximate surface area is 113 Å². The molecule has 0 atom stereocenters. The third-order valence-electron chi connectivity index (χ3n) is 2.65. The molecule has 1 aromatic carbocycles. The van der Waals surface area contributed by atoms with Crippen LogP contribution in [0.5, 0.6) is 0 Å². The number of amides is 1. The summed E-state index contributed by atoms with van der Waals surface area (Å²) in [4.78, 5) is 11.9. The number of hydrogen-bond donors (Lipinski definition) is 2. The summed E-state index contributed by atoms with van der Waals surface area (Å²) in [6.45, 7) is 1.70. The molecule has 5 nitrogen and oxygen atoms in total. The Morgan fingerprint density at radius 1 is 1.40 bits per heavy atom. The third kappa shape index (κ3) is 2.83. The zero-order valence-corrected chi connectivity index (χ0v) is 10.7. The molecule has 20 heavy (non-hydrogen) atoms. The van der Waals surface area contributed by atoms with Crippen LogP contribution in [-0.4, -0.2) is 27.4 Å². The van der Waals surface area contributed by atoms with Gasteiger partial charge in [-0.15, -0.1) is 0 Å². The van der Waals surface area contributed by atoms with Crippen molar-refractivity contribution in [2.75, 3.05) is 11.9 Å². The Kier molecular flexibility index (Phi) is 4.09. The van der Waals surface area contributed by atoms with Crippen molar-refractivity contribution in [3.8, 4) is 0 Å². The Morgan fingerprint density at radius 3 is 2.65 bits per heavy atom. The van der Waals surface area contributed by atoms with Gasteiger partial charge in [-0.25, -0.2) is 13.5 Å². The van der Waals surface area contributed by atoms with E-state index in [4.69, 9.17) is 5.11 Å². The van der Waals surface area contributed by atoms with Crippen molar-refractivity contribution in [3.05, 3.63) is 47.2 Å². The number of nitrogens with one attached hydrogen (secondary N) is 1. The van der Waals surface area contributed by atoms with Gasteiger partial charge in [-0.2, -0.15) is 5.10 Å². The fourth-order valence-electron chi connectivity index (χ4n) is 1.80. The van der Waals surface area contributed by atoms with Gasteiger partial charge in [-0.05, 0) is 19.1 Å². The van der Waals surface area contributed by atoms with Gasteiger partial charge in [0.1, 0.15) is 23.0 Å². The van der Waals surface area contributed by atoms with Crippen LogP contribution in [0.1, 0.15) is 16.1 Å². The minimum absolute atomic E-state index is 0.169. The Balaban J connectivity index is 2.28. The van der Waals surface area contributed by atoms with Crippen LogP contribution in [0.4, 0.5) is 14.6 Å². The van der Waals surface area contributed by atoms with E-state index in [0.717, 1.165) is 12.1 Å². The molecule has 0 fully saturated rings. The Morgan fingerprint density at radius 2 is 2.05 bits per heavy atom. The number of aliphatic hydroxyl groups is 1. The first-order valence-electron chi connectivity index (χ1n) is 5.93. The number of carbonyl (C=O) groups excluding carboxylic acids is 1. The largest absolute Gasteiger partial charge is 0.394 e. The van der Waals surface area contributed by atoms with E-state index in [0.29, 0.717) is 5.69 Å². The van der Waals surface area contributed by atoms with E-state index >= 15 is 0 Å². The highest BCUT2D eigenvalue weighted by molar-refractivity contribution is 6.04. The highest BCUT2D eigenvalue weighted by Crippen LogP contribution is 2.16. The van der Waals surface area contributed by atoms with Gasteiger partial charge in [0, 0.05) is 6.07 Å². The van der Waals surface area contributed by atoms with Crippen LogP contribution in [-0.2, 0) is 6.54 Å². The van der Waals surface area contributed by atoms with Crippen molar-refractivity contribution >= 4 is 11.7 Å². The number of anilines is 1. The molecular weight excluding hydrogens is 268 g/mol. The molecule has 0 unspecified atom stereocenters. The zero-order valence-electron chi connectivity index (χ0n) is 10.7. The lowest BCUT2D eigenvalue weighted by atomic mass is 10.2. The average molecular weight is 281 g/mol. The first-order chi connectivity index (χ1) is 9.52. The van der Waals surface area contributed by atoms with Gasteiger partial charge in [0.05, 0.1) is 18.8 Å². The number of hydrogen-bond acceptors (Lipinski definition) is 3. The van der Waals surface area contributed by atoms with Gasteiger partial charge in [0.2, 0.25) is 0 Å². The number of aryl methyl sites for hydroxylation is 1. The molecule has 0 aliphatic heterocycles. The van der Waals surface area contributed by atoms with Crippen LogP contribution >= 0.6 is 0 Å². The van der Waals surface area contributed by atoms with Gasteiger partial charge in [-0.3, -0.25) is 4.79 Å². The SMILES string of the molecule is Cc1cc(NC(=O)c2c(F)cccc2F)n(CCO)n1. The maximum Gasteiger partial charge on any atom is 0.262 e. The van der Waals surface area contributed by atoms with Gasteiger partial charge in [0.25, 0.3) is 5.91 Å². The standard InChI is InChI=1S/C13H13F2N3O2/c1-8-7-11(18(17-8)5-6-19)16-13(20)12-9(14)3-2-4-10(12)15/h2-4,7,19H,5-6H2,1H3,(H,16,20). The van der Waals surface area contributed by atoms with Crippen LogP contribution in [0.25, 0.3) is 0 Å². The molecule has 7 heteroatoms. The second-order valence-corrected chi connectivity index (χ2v) is 4.17. The van der Waals surface area contributed by atoms with Crippen molar-refractivity contribution < 1.29 is 18.7 Å². The normalized spacial score (nSPS) is 10.6. The maximum atomic E-state index is 13.5. The first-order valence-corrected chi connectivity index (χ1v) is 5.93. The predicted molar refractivity (Wildman–Crippen MR) is 68.4 cm³/mol. The van der Waals surface area contributed by atoms with E-state index in [1.807, 2.05) is 0 Å². The number of benzene rings is 1. The minimum Gasteiger partial charge on any atom is -0.394 e. The molecule has 1 amide bonds. The summed E-state index contributed by atoms with van der Waals surface area (Å²) >= 11 is 0.